The first-order valence-corrected chi connectivity index (χ1v) is 8.40. The first-order chi connectivity index (χ1) is 11.3. The smallest absolute Gasteiger partial charge is 0.119 e. The van der Waals surface area contributed by atoms with Crippen LogP contribution in [-0.4, -0.2) is 24.9 Å². The van der Waals surface area contributed by atoms with E-state index in [2.05, 4.69) is 24.3 Å². The van der Waals surface area contributed by atoms with Gasteiger partial charge in [-0.15, -0.1) is 0 Å². The van der Waals surface area contributed by atoms with Crippen LogP contribution < -0.4 is 9.47 Å². The van der Waals surface area contributed by atoms with Gasteiger partial charge in [0.1, 0.15) is 11.5 Å². The number of ether oxygens (including phenoxy) is 2. The maximum Gasteiger partial charge on any atom is 0.119 e. The quantitative estimate of drug-likeness (QED) is 0.647. The van der Waals surface area contributed by atoms with Gasteiger partial charge < -0.3 is 14.6 Å². The van der Waals surface area contributed by atoms with Crippen molar-refractivity contribution in [2.24, 2.45) is 0 Å². The molecule has 0 bridgehead atoms. The van der Waals surface area contributed by atoms with E-state index in [1.165, 1.54) is 11.1 Å². The zero-order valence-electron chi connectivity index (χ0n) is 13.8. The Labute approximate surface area is 138 Å². The molecule has 0 saturated heterocycles. The van der Waals surface area contributed by atoms with E-state index in [0.29, 0.717) is 6.61 Å². The van der Waals surface area contributed by atoms with Crippen molar-refractivity contribution in [1.29, 1.82) is 0 Å². The minimum Gasteiger partial charge on any atom is -0.494 e. The molecule has 0 amide bonds. The van der Waals surface area contributed by atoms with Gasteiger partial charge in [0.25, 0.3) is 0 Å². The molecule has 1 N–H and O–H groups in total. The molecule has 23 heavy (non-hydrogen) atoms. The third-order valence-electron chi connectivity index (χ3n) is 3.67. The van der Waals surface area contributed by atoms with E-state index >= 15 is 0 Å². The fourth-order valence-electron chi connectivity index (χ4n) is 2.41. The first-order valence-electron chi connectivity index (χ1n) is 8.40. The number of benzene rings is 2. The molecule has 3 heteroatoms. The molecule has 0 aliphatic carbocycles. The lowest BCUT2D eigenvalue weighted by molar-refractivity contribution is 0.273. The van der Waals surface area contributed by atoms with Crippen molar-refractivity contribution in [3.63, 3.8) is 0 Å². The molecule has 3 nitrogen and oxygen atoms in total. The predicted molar refractivity (Wildman–Crippen MR) is 94.1 cm³/mol. The molecule has 0 aliphatic heterocycles. The molecule has 0 radical (unpaired) electrons. The average Bonchev–Trinajstić information content (AvgIpc) is 2.60. The summed E-state index contributed by atoms with van der Waals surface area (Å²) < 4.78 is 11.2. The number of hydrogen-bond donors (Lipinski definition) is 1. The zero-order chi connectivity index (χ0) is 16.3. The van der Waals surface area contributed by atoms with Crippen LogP contribution in [0.25, 0.3) is 11.1 Å². The van der Waals surface area contributed by atoms with E-state index in [1.54, 1.807) is 0 Å². The molecule has 0 heterocycles. The third-order valence-corrected chi connectivity index (χ3v) is 3.67. The van der Waals surface area contributed by atoms with Crippen molar-refractivity contribution in [3.05, 3.63) is 48.5 Å². The topological polar surface area (TPSA) is 38.7 Å². The van der Waals surface area contributed by atoms with Crippen LogP contribution in [0.15, 0.2) is 48.5 Å². The van der Waals surface area contributed by atoms with Crippen molar-refractivity contribution in [3.8, 4) is 22.6 Å². The molecule has 0 atom stereocenters. The van der Waals surface area contributed by atoms with E-state index in [0.717, 1.165) is 43.8 Å². The van der Waals surface area contributed by atoms with E-state index < -0.39 is 0 Å². The largest absolute Gasteiger partial charge is 0.494 e. The fraction of sp³-hybridized carbons (Fsp3) is 0.400. The zero-order valence-corrected chi connectivity index (χ0v) is 13.8. The first kappa shape index (κ1) is 17.4. The molecule has 2 rings (SSSR count). The maximum absolute atomic E-state index is 8.72. The highest BCUT2D eigenvalue weighted by Crippen LogP contribution is 2.24. The van der Waals surface area contributed by atoms with Gasteiger partial charge in [-0.2, -0.15) is 0 Å². The molecule has 0 aliphatic rings. The summed E-state index contributed by atoms with van der Waals surface area (Å²) in [6, 6.07) is 16.3. The Balaban J connectivity index is 1.81. The summed E-state index contributed by atoms with van der Waals surface area (Å²) in [7, 11) is 0. The normalized spacial score (nSPS) is 10.5. The van der Waals surface area contributed by atoms with Gasteiger partial charge in [-0.3, -0.25) is 0 Å². The number of hydrogen-bond acceptors (Lipinski definition) is 3. The van der Waals surface area contributed by atoms with Gasteiger partial charge in [-0.1, -0.05) is 30.7 Å². The van der Waals surface area contributed by atoms with Crippen LogP contribution in [0, 0.1) is 0 Å². The Morgan fingerprint density at radius 3 is 1.74 bits per heavy atom. The van der Waals surface area contributed by atoms with Crippen LogP contribution in [0.5, 0.6) is 11.5 Å². The summed E-state index contributed by atoms with van der Waals surface area (Å²) in [6.45, 7) is 3.69. The molecular formula is C20H26O3. The summed E-state index contributed by atoms with van der Waals surface area (Å²) in [5.41, 5.74) is 2.34. The lowest BCUT2D eigenvalue weighted by atomic mass is 10.1. The van der Waals surface area contributed by atoms with Gasteiger partial charge in [-0.05, 0) is 61.6 Å². The Morgan fingerprint density at radius 1 is 0.696 bits per heavy atom. The standard InChI is InChI=1S/C20H26O3/c1-2-22-19-11-7-17(8-12-19)18-9-13-20(14-10-18)23-16-6-4-3-5-15-21/h7-14,21H,2-6,15-16H2,1H3. The van der Waals surface area contributed by atoms with Crippen LogP contribution in [0.1, 0.15) is 32.6 Å². The summed E-state index contributed by atoms with van der Waals surface area (Å²) >= 11 is 0. The van der Waals surface area contributed by atoms with Crippen LogP contribution in [0.4, 0.5) is 0 Å². The number of aliphatic hydroxyl groups is 1. The third kappa shape index (κ3) is 5.95. The molecule has 2 aromatic carbocycles. The average molecular weight is 314 g/mol. The molecule has 0 saturated carbocycles. The summed E-state index contributed by atoms with van der Waals surface area (Å²) in [5, 5.41) is 8.72. The van der Waals surface area contributed by atoms with Gasteiger partial charge in [0.05, 0.1) is 13.2 Å². The van der Waals surface area contributed by atoms with Crippen molar-refractivity contribution in [1.82, 2.24) is 0 Å². The van der Waals surface area contributed by atoms with Crippen molar-refractivity contribution in [2.45, 2.75) is 32.6 Å². The second-order valence-corrected chi connectivity index (χ2v) is 5.47. The number of aliphatic hydroxyl groups excluding tert-OH is 1. The maximum atomic E-state index is 8.72. The number of unbranched alkanes of at least 4 members (excludes halogenated alkanes) is 3. The van der Waals surface area contributed by atoms with Crippen molar-refractivity contribution >= 4 is 0 Å². The van der Waals surface area contributed by atoms with E-state index in [1.807, 2.05) is 31.2 Å². The monoisotopic (exact) mass is 314 g/mol. The molecule has 124 valence electrons. The van der Waals surface area contributed by atoms with Crippen molar-refractivity contribution < 1.29 is 14.6 Å². The SMILES string of the molecule is CCOc1ccc(-c2ccc(OCCCCCCO)cc2)cc1. The Bertz CT molecular complexity index is 546. The molecule has 0 unspecified atom stereocenters. The minimum atomic E-state index is 0.286. The second-order valence-electron chi connectivity index (χ2n) is 5.47. The minimum absolute atomic E-state index is 0.286. The fourth-order valence-corrected chi connectivity index (χ4v) is 2.41. The van der Waals surface area contributed by atoms with Crippen LogP contribution in [0.3, 0.4) is 0 Å². The Morgan fingerprint density at radius 2 is 1.22 bits per heavy atom. The lowest BCUT2D eigenvalue weighted by Gasteiger charge is -2.08. The van der Waals surface area contributed by atoms with E-state index in [4.69, 9.17) is 14.6 Å². The van der Waals surface area contributed by atoms with Gasteiger partial charge in [0.2, 0.25) is 0 Å². The van der Waals surface area contributed by atoms with Gasteiger partial charge in [-0.25, -0.2) is 0 Å². The molecular weight excluding hydrogens is 288 g/mol. The highest BCUT2D eigenvalue weighted by Gasteiger charge is 2.00. The lowest BCUT2D eigenvalue weighted by Crippen LogP contribution is -1.97. The van der Waals surface area contributed by atoms with Gasteiger partial charge >= 0.3 is 0 Å². The molecule has 0 fully saturated rings. The Hall–Kier alpha value is -2.00. The summed E-state index contributed by atoms with van der Waals surface area (Å²) in [5.74, 6) is 1.80. The van der Waals surface area contributed by atoms with Crippen LogP contribution in [0.2, 0.25) is 0 Å². The van der Waals surface area contributed by atoms with Gasteiger partial charge in [0, 0.05) is 6.61 Å². The second kappa shape index (κ2) is 9.90. The van der Waals surface area contributed by atoms with Crippen LogP contribution >= 0.6 is 0 Å². The molecule has 0 aromatic heterocycles. The molecule has 2 aromatic rings. The highest BCUT2D eigenvalue weighted by molar-refractivity contribution is 5.64. The van der Waals surface area contributed by atoms with Gasteiger partial charge in [0.15, 0.2) is 0 Å². The van der Waals surface area contributed by atoms with Crippen LogP contribution in [-0.2, 0) is 0 Å². The predicted octanol–water partition coefficient (Wildman–Crippen LogP) is 4.68. The highest BCUT2D eigenvalue weighted by atomic mass is 16.5. The summed E-state index contributed by atoms with van der Waals surface area (Å²) in [4.78, 5) is 0. The number of rotatable bonds is 10. The van der Waals surface area contributed by atoms with E-state index in [-0.39, 0.29) is 6.61 Å². The summed E-state index contributed by atoms with van der Waals surface area (Å²) in [6.07, 6.45) is 4.08. The molecule has 0 spiro atoms. The Kier molecular flexibility index (Phi) is 7.47. The van der Waals surface area contributed by atoms with E-state index in [9.17, 15) is 0 Å². The van der Waals surface area contributed by atoms with Crippen molar-refractivity contribution in [2.75, 3.05) is 19.8 Å².